The van der Waals surface area contributed by atoms with Crippen molar-refractivity contribution in [2.45, 2.75) is 6.92 Å². The lowest BCUT2D eigenvalue weighted by atomic mass is 10.3. The predicted molar refractivity (Wildman–Crippen MR) is 55.1 cm³/mol. The number of halogens is 1. The van der Waals surface area contributed by atoms with Crippen molar-refractivity contribution in [3.8, 4) is 0 Å². The van der Waals surface area contributed by atoms with E-state index in [1.165, 1.54) is 0 Å². The summed E-state index contributed by atoms with van der Waals surface area (Å²) in [4.78, 5) is 7.89. The lowest BCUT2D eigenvalue weighted by Gasteiger charge is -1.94. The highest BCUT2D eigenvalue weighted by Gasteiger charge is 1.94. The quantitative estimate of drug-likeness (QED) is 0.739. The first-order chi connectivity index (χ1) is 6.20. The van der Waals surface area contributed by atoms with Gasteiger partial charge in [0.1, 0.15) is 0 Å². The Kier molecular flexibility index (Phi) is 3.58. The van der Waals surface area contributed by atoms with Crippen LogP contribution in [0.1, 0.15) is 12.5 Å². The molecular weight excluding hydrogens is 186 g/mol. The van der Waals surface area contributed by atoms with Gasteiger partial charge in [0.15, 0.2) is 0 Å². The highest BCUT2D eigenvalue weighted by atomic mass is 35.5. The fourth-order valence-electron chi connectivity index (χ4n) is 0.772. The van der Waals surface area contributed by atoms with Crippen LogP contribution in [0.2, 0.25) is 5.02 Å². The van der Waals surface area contributed by atoms with Crippen LogP contribution in [-0.2, 0) is 0 Å². The molecular formula is C9H10ClN3. The van der Waals surface area contributed by atoms with Crippen molar-refractivity contribution in [2.75, 3.05) is 6.54 Å². The molecule has 13 heavy (non-hydrogen) atoms. The second-order valence-electron chi connectivity index (χ2n) is 2.65. The van der Waals surface area contributed by atoms with Crippen molar-refractivity contribution in [3.05, 3.63) is 29.0 Å². The van der Waals surface area contributed by atoms with Crippen LogP contribution in [0.4, 0.5) is 0 Å². The lowest BCUT2D eigenvalue weighted by molar-refractivity contribution is 1.25. The average Bonchev–Trinajstić information content (AvgIpc) is 2.08. The van der Waals surface area contributed by atoms with Crippen molar-refractivity contribution >= 4 is 23.5 Å². The van der Waals surface area contributed by atoms with Crippen LogP contribution >= 0.6 is 11.6 Å². The summed E-state index contributed by atoms with van der Waals surface area (Å²) >= 11 is 5.83. The predicted octanol–water partition coefficient (Wildman–Crippen LogP) is 2.19. The van der Waals surface area contributed by atoms with Gasteiger partial charge < -0.3 is 5.41 Å². The van der Waals surface area contributed by atoms with Gasteiger partial charge in [-0.1, -0.05) is 11.6 Å². The van der Waals surface area contributed by atoms with Crippen molar-refractivity contribution < 1.29 is 0 Å². The van der Waals surface area contributed by atoms with Crippen LogP contribution in [-0.4, -0.2) is 23.5 Å². The van der Waals surface area contributed by atoms with E-state index >= 15 is 0 Å². The van der Waals surface area contributed by atoms with Gasteiger partial charge in [0.2, 0.25) is 0 Å². The summed E-state index contributed by atoms with van der Waals surface area (Å²) in [5.74, 6) is 0. The minimum absolute atomic E-state index is 0.415. The normalized spacial score (nSPS) is 10.6. The molecule has 0 unspecified atom stereocenters. The van der Waals surface area contributed by atoms with E-state index in [9.17, 15) is 0 Å². The molecule has 0 aliphatic carbocycles. The molecule has 0 saturated carbocycles. The van der Waals surface area contributed by atoms with Gasteiger partial charge in [0, 0.05) is 29.9 Å². The van der Waals surface area contributed by atoms with Gasteiger partial charge >= 0.3 is 0 Å². The lowest BCUT2D eigenvalue weighted by Crippen LogP contribution is -1.94. The molecule has 0 aliphatic heterocycles. The smallest absolute Gasteiger partial charge is 0.0762 e. The first-order valence-electron chi connectivity index (χ1n) is 3.83. The van der Waals surface area contributed by atoms with Gasteiger partial charge in [-0.15, -0.1) is 0 Å². The molecule has 0 bridgehead atoms. The number of aromatic nitrogens is 1. The van der Waals surface area contributed by atoms with Gasteiger partial charge in [-0.2, -0.15) is 0 Å². The fraction of sp³-hybridized carbons (Fsp3) is 0.222. The standard InChI is InChI=1S/C9H10ClN3/c1-7(11)4-13-5-8-2-3-12-6-9(8)10/h2-3,5-6,11H,4H2,1H3. The molecule has 0 aliphatic rings. The summed E-state index contributed by atoms with van der Waals surface area (Å²) in [7, 11) is 0. The third-order valence-electron chi connectivity index (χ3n) is 1.36. The van der Waals surface area contributed by atoms with Gasteiger partial charge in [-0.3, -0.25) is 9.98 Å². The molecule has 0 atom stereocenters. The van der Waals surface area contributed by atoms with Crippen LogP contribution in [0.25, 0.3) is 0 Å². The Morgan fingerprint density at radius 1 is 1.77 bits per heavy atom. The molecule has 0 saturated heterocycles. The number of nitrogens with zero attached hydrogens (tertiary/aromatic N) is 2. The second-order valence-corrected chi connectivity index (χ2v) is 3.05. The van der Waals surface area contributed by atoms with Gasteiger partial charge in [0.25, 0.3) is 0 Å². The van der Waals surface area contributed by atoms with Crippen LogP contribution < -0.4 is 0 Å². The Bertz CT molecular complexity index is 333. The van der Waals surface area contributed by atoms with Gasteiger partial charge in [-0.05, 0) is 13.0 Å². The molecule has 0 fully saturated rings. The molecule has 1 heterocycles. The average molecular weight is 196 g/mol. The molecule has 0 amide bonds. The third kappa shape index (κ3) is 3.34. The fourth-order valence-corrected chi connectivity index (χ4v) is 0.940. The summed E-state index contributed by atoms with van der Waals surface area (Å²) < 4.78 is 0. The highest BCUT2D eigenvalue weighted by Crippen LogP contribution is 2.10. The maximum absolute atomic E-state index is 7.15. The summed E-state index contributed by atoms with van der Waals surface area (Å²) in [5.41, 5.74) is 1.36. The van der Waals surface area contributed by atoms with E-state index in [1.54, 1.807) is 31.6 Å². The molecule has 1 aromatic heterocycles. The second kappa shape index (κ2) is 4.72. The van der Waals surface area contributed by atoms with E-state index in [4.69, 9.17) is 17.0 Å². The summed E-state index contributed by atoms with van der Waals surface area (Å²) in [6.45, 7) is 2.13. The maximum atomic E-state index is 7.15. The topological polar surface area (TPSA) is 49.1 Å². The van der Waals surface area contributed by atoms with Crippen molar-refractivity contribution in [1.29, 1.82) is 5.41 Å². The van der Waals surface area contributed by atoms with E-state index < -0.39 is 0 Å². The molecule has 0 spiro atoms. The summed E-state index contributed by atoms with van der Waals surface area (Å²) in [6.07, 6.45) is 4.88. The Hall–Kier alpha value is -1.22. The Labute approximate surface area is 82.0 Å². The minimum Gasteiger partial charge on any atom is -0.308 e. The number of hydrogen-bond acceptors (Lipinski definition) is 3. The van der Waals surface area contributed by atoms with E-state index in [2.05, 4.69) is 9.98 Å². The molecule has 0 aromatic carbocycles. The number of aliphatic imine (C=N–C) groups is 1. The summed E-state index contributed by atoms with van der Waals surface area (Å²) in [5, 5.41) is 7.73. The van der Waals surface area contributed by atoms with Crippen LogP contribution in [0.5, 0.6) is 0 Å². The molecule has 68 valence electrons. The zero-order valence-electron chi connectivity index (χ0n) is 7.29. The number of nitrogens with one attached hydrogen (secondary N) is 1. The van der Waals surface area contributed by atoms with E-state index in [-0.39, 0.29) is 0 Å². The zero-order valence-corrected chi connectivity index (χ0v) is 8.04. The molecule has 3 nitrogen and oxygen atoms in total. The molecule has 0 radical (unpaired) electrons. The highest BCUT2D eigenvalue weighted by molar-refractivity contribution is 6.32. The first-order valence-corrected chi connectivity index (χ1v) is 4.21. The van der Waals surface area contributed by atoms with Crippen molar-refractivity contribution in [3.63, 3.8) is 0 Å². The monoisotopic (exact) mass is 195 g/mol. The molecule has 1 rings (SSSR count). The minimum atomic E-state index is 0.415. The van der Waals surface area contributed by atoms with Crippen LogP contribution in [0.3, 0.4) is 0 Å². The summed E-state index contributed by atoms with van der Waals surface area (Å²) in [6, 6.07) is 1.78. The molecule has 1 aromatic rings. The Morgan fingerprint density at radius 2 is 2.54 bits per heavy atom. The van der Waals surface area contributed by atoms with Gasteiger partial charge in [-0.25, -0.2) is 0 Å². The third-order valence-corrected chi connectivity index (χ3v) is 1.68. The van der Waals surface area contributed by atoms with E-state index in [1.807, 2.05) is 0 Å². The van der Waals surface area contributed by atoms with Crippen LogP contribution in [0, 0.1) is 5.41 Å². The largest absolute Gasteiger partial charge is 0.308 e. The van der Waals surface area contributed by atoms with Crippen LogP contribution in [0.15, 0.2) is 23.5 Å². The zero-order chi connectivity index (χ0) is 9.68. The Balaban J connectivity index is 2.68. The van der Waals surface area contributed by atoms with Crippen molar-refractivity contribution in [2.24, 2.45) is 4.99 Å². The first kappa shape index (κ1) is 9.86. The van der Waals surface area contributed by atoms with Gasteiger partial charge in [0.05, 0.1) is 11.6 Å². The Morgan fingerprint density at radius 3 is 3.15 bits per heavy atom. The molecule has 4 heteroatoms. The molecule has 1 N–H and O–H groups in total. The van der Waals surface area contributed by atoms with E-state index in [0.717, 1.165) is 5.56 Å². The number of rotatable bonds is 3. The van der Waals surface area contributed by atoms with E-state index in [0.29, 0.717) is 17.3 Å². The van der Waals surface area contributed by atoms with Crippen molar-refractivity contribution in [1.82, 2.24) is 4.98 Å². The SMILES string of the molecule is CC(=N)CN=Cc1ccncc1Cl. The number of pyridine rings is 1. The number of hydrogen-bond donors (Lipinski definition) is 1. The maximum Gasteiger partial charge on any atom is 0.0762 e.